The molecule has 4 fully saturated rings. The molecule has 1 heteroatoms. The van der Waals surface area contributed by atoms with E-state index in [0.29, 0.717) is 11.1 Å². The molecule has 0 heterocycles. The fourth-order valence-corrected chi connectivity index (χ4v) is 7.61. The molecular formula is C33H35N. The van der Waals surface area contributed by atoms with Crippen LogP contribution in [-0.4, -0.2) is 0 Å². The molecule has 0 spiro atoms. The van der Waals surface area contributed by atoms with Gasteiger partial charge in [-0.1, -0.05) is 87.0 Å². The Morgan fingerprint density at radius 3 is 1.62 bits per heavy atom. The summed E-state index contributed by atoms with van der Waals surface area (Å²) in [5, 5.41) is 0. The normalized spacial score (nSPS) is 27.5. The highest BCUT2D eigenvalue weighted by Gasteiger charge is 2.51. The molecule has 0 saturated heterocycles. The lowest BCUT2D eigenvalue weighted by atomic mass is 9.48. The number of hydrogen-bond donors (Lipinski definition) is 0. The molecule has 4 aliphatic carbocycles. The fourth-order valence-electron chi connectivity index (χ4n) is 7.61. The van der Waals surface area contributed by atoms with Crippen LogP contribution in [0.5, 0.6) is 0 Å². The third kappa shape index (κ3) is 3.78. The molecule has 0 amide bonds. The van der Waals surface area contributed by atoms with Gasteiger partial charge in [0, 0.05) is 0 Å². The Labute approximate surface area is 205 Å². The highest BCUT2D eigenvalue weighted by Crippen LogP contribution is 2.60. The lowest BCUT2D eigenvalue weighted by Gasteiger charge is -2.57. The predicted octanol–water partition coefficient (Wildman–Crippen LogP) is 9.34. The van der Waals surface area contributed by atoms with Gasteiger partial charge in [-0.3, -0.25) is 0 Å². The van der Waals surface area contributed by atoms with E-state index in [1.54, 1.807) is 5.56 Å². The van der Waals surface area contributed by atoms with Crippen LogP contribution in [0.15, 0.2) is 66.7 Å². The maximum atomic E-state index is 7.52. The maximum Gasteiger partial charge on any atom is 0.188 e. The zero-order chi connectivity index (χ0) is 23.5. The first kappa shape index (κ1) is 21.7. The van der Waals surface area contributed by atoms with Crippen LogP contribution >= 0.6 is 0 Å². The molecule has 0 unspecified atom stereocenters. The Morgan fingerprint density at radius 2 is 1.15 bits per heavy atom. The Morgan fingerprint density at radius 1 is 0.676 bits per heavy atom. The zero-order valence-corrected chi connectivity index (χ0v) is 20.8. The average Bonchev–Trinajstić information content (AvgIpc) is 2.82. The van der Waals surface area contributed by atoms with E-state index in [4.69, 9.17) is 6.57 Å². The van der Waals surface area contributed by atoms with Gasteiger partial charge in [0.05, 0.1) is 6.57 Å². The van der Waals surface area contributed by atoms with Crippen molar-refractivity contribution in [1.29, 1.82) is 0 Å². The van der Waals surface area contributed by atoms with Crippen molar-refractivity contribution in [3.63, 3.8) is 0 Å². The van der Waals surface area contributed by atoms with Crippen molar-refractivity contribution >= 4 is 5.69 Å². The van der Waals surface area contributed by atoms with Gasteiger partial charge in [-0.2, -0.15) is 0 Å². The predicted molar refractivity (Wildman–Crippen MR) is 142 cm³/mol. The molecule has 34 heavy (non-hydrogen) atoms. The summed E-state index contributed by atoms with van der Waals surface area (Å²) >= 11 is 0. The summed E-state index contributed by atoms with van der Waals surface area (Å²) in [6.45, 7) is 14.1. The van der Waals surface area contributed by atoms with Gasteiger partial charge in [-0.25, -0.2) is 4.85 Å². The smallest absolute Gasteiger partial charge is 0.188 e. The van der Waals surface area contributed by atoms with Gasteiger partial charge in [0.25, 0.3) is 0 Å². The molecule has 4 bridgehead atoms. The molecule has 0 aliphatic heterocycles. The van der Waals surface area contributed by atoms with Crippen LogP contribution in [0.4, 0.5) is 5.69 Å². The second-order valence-corrected chi connectivity index (χ2v) is 12.5. The maximum absolute atomic E-state index is 7.52. The van der Waals surface area contributed by atoms with Crippen LogP contribution in [0.3, 0.4) is 0 Å². The van der Waals surface area contributed by atoms with Gasteiger partial charge in [0.1, 0.15) is 0 Å². The van der Waals surface area contributed by atoms with Crippen molar-refractivity contribution in [3.05, 3.63) is 89.3 Å². The first-order valence-electron chi connectivity index (χ1n) is 13.1. The molecule has 0 radical (unpaired) electrons. The SMILES string of the molecule is [C-]#[N+]c1cc(-c2ccc(-c3ccc(C45CC6CC(CC(C6)C4)C5)cc3)cc2)cc(C(C)(C)C)c1. The summed E-state index contributed by atoms with van der Waals surface area (Å²) in [7, 11) is 0. The Kier molecular flexibility index (Phi) is 5.00. The van der Waals surface area contributed by atoms with Crippen LogP contribution in [0, 0.1) is 24.3 Å². The lowest BCUT2D eigenvalue weighted by molar-refractivity contribution is -0.00518. The molecule has 172 valence electrons. The molecule has 7 rings (SSSR count). The molecule has 4 aliphatic rings. The van der Waals surface area contributed by atoms with Gasteiger partial charge in [0.2, 0.25) is 0 Å². The molecule has 0 atom stereocenters. The molecule has 1 nitrogen and oxygen atoms in total. The van der Waals surface area contributed by atoms with E-state index in [9.17, 15) is 0 Å². The first-order chi connectivity index (χ1) is 16.3. The van der Waals surface area contributed by atoms with E-state index in [-0.39, 0.29) is 5.41 Å². The zero-order valence-electron chi connectivity index (χ0n) is 20.8. The minimum absolute atomic E-state index is 0.0217. The standard InChI is InChI=1S/C33H35N/c1-32(2,3)30-16-28(17-31(18-30)34-4)27-7-5-25(6-8-27)26-9-11-29(12-10-26)33-19-22-13-23(20-33)15-24(14-22)21-33/h5-12,16-18,22-24H,13-15,19-21H2,1-3H3. The quantitative estimate of drug-likeness (QED) is 0.354. The van der Waals surface area contributed by atoms with Crippen molar-refractivity contribution < 1.29 is 0 Å². The van der Waals surface area contributed by atoms with E-state index in [2.05, 4.69) is 80.2 Å². The number of benzene rings is 3. The van der Waals surface area contributed by atoms with Crippen molar-refractivity contribution in [2.24, 2.45) is 17.8 Å². The Hall–Kier alpha value is -2.85. The molecular weight excluding hydrogens is 410 g/mol. The molecule has 4 saturated carbocycles. The summed E-state index contributed by atoms with van der Waals surface area (Å²) in [4.78, 5) is 3.72. The largest absolute Gasteiger partial charge is 0.238 e. The Balaban J connectivity index is 1.26. The average molecular weight is 446 g/mol. The number of rotatable bonds is 3. The number of hydrogen-bond acceptors (Lipinski definition) is 0. The molecule has 0 N–H and O–H groups in total. The van der Waals surface area contributed by atoms with E-state index in [1.807, 2.05) is 12.1 Å². The highest BCUT2D eigenvalue weighted by molar-refractivity contribution is 5.74. The monoisotopic (exact) mass is 445 g/mol. The van der Waals surface area contributed by atoms with Gasteiger partial charge in [-0.05, 0) is 101 Å². The minimum atomic E-state index is 0.0217. The third-order valence-electron chi connectivity index (χ3n) is 9.00. The van der Waals surface area contributed by atoms with Crippen LogP contribution in [0.1, 0.15) is 70.4 Å². The summed E-state index contributed by atoms with van der Waals surface area (Å²) in [5.74, 6) is 2.95. The summed E-state index contributed by atoms with van der Waals surface area (Å²) < 4.78 is 0. The van der Waals surface area contributed by atoms with E-state index in [0.717, 1.165) is 23.3 Å². The van der Waals surface area contributed by atoms with E-state index in [1.165, 1.54) is 60.8 Å². The second kappa shape index (κ2) is 7.84. The minimum Gasteiger partial charge on any atom is -0.238 e. The van der Waals surface area contributed by atoms with Crippen molar-refractivity contribution in [2.45, 2.75) is 70.1 Å². The molecule has 3 aromatic carbocycles. The van der Waals surface area contributed by atoms with Crippen molar-refractivity contribution in [1.82, 2.24) is 0 Å². The van der Waals surface area contributed by atoms with Gasteiger partial charge < -0.3 is 0 Å². The summed E-state index contributed by atoms with van der Waals surface area (Å²) in [6, 6.07) is 24.7. The van der Waals surface area contributed by atoms with Gasteiger partial charge >= 0.3 is 0 Å². The summed E-state index contributed by atoms with van der Waals surface area (Å²) in [5.41, 5.74) is 8.87. The Bertz CT molecular complexity index is 1210. The molecule has 0 aromatic heterocycles. The lowest BCUT2D eigenvalue weighted by Crippen LogP contribution is -2.48. The van der Waals surface area contributed by atoms with Crippen LogP contribution in [-0.2, 0) is 10.8 Å². The van der Waals surface area contributed by atoms with Gasteiger partial charge in [-0.15, -0.1) is 0 Å². The summed E-state index contributed by atoms with van der Waals surface area (Å²) in [6.07, 6.45) is 8.77. The van der Waals surface area contributed by atoms with Crippen molar-refractivity contribution in [3.8, 4) is 22.3 Å². The third-order valence-corrected chi connectivity index (χ3v) is 9.00. The fraction of sp³-hybridized carbons (Fsp3) is 0.424. The van der Waals surface area contributed by atoms with Crippen LogP contribution < -0.4 is 0 Å². The topological polar surface area (TPSA) is 4.36 Å². The van der Waals surface area contributed by atoms with Crippen molar-refractivity contribution in [2.75, 3.05) is 0 Å². The number of nitrogens with zero attached hydrogens (tertiary/aromatic N) is 1. The molecule has 3 aromatic rings. The van der Waals surface area contributed by atoms with E-state index < -0.39 is 0 Å². The van der Waals surface area contributed by atoms with Crippen LogP contribution in [0.2, 0.25) is 0 Å². The van der Waals surface area contributed by atoms with E-state index >= 15 is 0 Å². The first-order valence-corrected chi connectivity index (χ1v) is 13.1. The second-order valence-electron chi connectivity index (χ2n) is 12.5. The van der Waals surface area contributed by atoms with Gasteiger partial charge in [0.15, 0.2) is 5.69 Å². The highest BCUT2D eigenvalue weighted by atomic mass is 14.6. The van der Waals surface area contributed by atoms with Crippen LogP contribution in [0.25, 0.3) is 27.1 Å².